The average molecular weight is 333 g/mol. The lowest BCUT2D eigenvalue weighted by molar-refractivity contribution is -0.124. The summed E-state index contributed by atoms with van der Waals surface area (Å²) in [6.45, 7) is 7.96. The zero-order chi connectivity index (χ0) is 16.8. The topological polar surface area (TPSA) is 53.4 Å². The van der Waals surface area contributed by atoms with Crippen molar-refractivity contribution < 1.29 is 4.79 Å². The Balaban J connectivity index is 1.47. The van der Waals surface area contributed by atoms with Crippen molar-refractivity contribution in [2.24, 2.45) is 0 Å². The Bertz CT molecular complexity index is 496. The fourth-order valence-electron chi connectivity index (χ4n) is 3.95. The van der Waals surface area contributed by atoms with Crippen molar-refractivity contribution in [1.29, 1.82) is 0 Å². The lowest BCUT2D eigenvalue weighted by Gasteiger charge is -2.36. The molecule has 0 saturated carbocycles. The molecule has 6 nitrogen and oxygen atoms in total. The molecule has 0 bridgehead atoms. The second kappa shape index (κ2) is 8.62. The highest BCUT2D eigenvalue weighted by molar-refractivity contribution is 5.78. The largest absolute Gasteiger partial charge is 0.352 e. The molecule has 24 heavy (non-hydrogen) atoms. The summed E-state index contributed by atoms with van der Waals surface area (Å²) >= 11 is 0. The summed E-state index contributed by atoms with van der Waals surface area (Å²) in [6.07, 6.45) is 9.59. The number of aromatic nitrogens is 2. The summed E-state index contributed by atoms with van der Waals surface area (Å²) in [5, 5.41) is 7.58. The van der Waals surface area contributed by atoms with Gasteiger partial charge in [0.2, 0.25) is 5.91 Å². The molecule has 1 aromatic rings. The fraction of sp³-hybridized carbons (Fsp3) is 0.778. The van der Waals surface area contributed by atoms with E-state index in [0.717, 1.165) is 52.0 Å². The quantitative estimate of drug-likeness (QED) is 0.853. The number of likely N-dealkylation sites (tertiary alicyclic amines) is 2. The third kappa shape index (κ3) is 4.80. The molecule has 6 heteroatoms. The van der Waals surface area contributed by atoms with Crippen LogP contribution >= 0.6 is 0 Å². The van der Waals surface area contributed by atoms with Gasteiger partial charge in [0, 0.05) is 37.6 Å². The molecule has 1 amide bonds. The van der Waals surface area contributed by atoms with Gasteiger partial charge in [0.25, 0.3) is 0 Å². The Hall–Kier alpha value is -1.40. The van der Waals surface area contributed by atoms with Crippen molar-refractivity contribution in [2.75, 3.05) is 32.7 Å². The first-order chi connectivity index (χ1) is 11.7. The maximum absolute atomic E-state index is 12.5. The van der Waals surface area contributed by atoms with E-state index in [9.17, 15) is 4.79 Å². The van der Waals surface area contributed by atoms with Gasteiger partial charge >= 0.3 is 0 Å². The van der Waals surface area contributed by atoms with Crippen molar-refractivity contribution >= 4 is 5.91 Å². The maximum atomic E-state index is 12.5. The van der Waals surface area contributed by atoms with Crippen molar-refractivity contribution in [3.05, 3.63) is 18.5 Å². The second-order valence-electron chi connectivity index (χ2n) is 7.12. The third-order valence-corrected chi connectivity index (χ3v) is 5.45. The summed E-state index contributed by atoms with van der Waals surface area (Å²) < 4.78 is 1.99. The van der Waals surface area contributed by atoms with E-state index in [0.29, 0.717) is 18.6 Å². The van der Waals surface area contributed by atoms with Crippen molar-refractivity contribution in [3.63, 3.8) is 0 Å². The number of hydrogen-bond acceptors (Lipinski definition) is 4. The minimum absolute atomic E-state index is 0.192. The number of piperidine rings is 2. The Labute approximate surface area is 145 Å². The number of carbonyl (C=O) groups is 1. The number of nitrogens with one attached hydrogen (secondary N) is 1. The molecule has 2 fully saturated rings. The van der Waals surface area contributed by atoms with Crippen molar-refractivity contribution in [1.82, 2.24) is 24.9 Å². The van der Waals surface area contributed by atoms with Crippen LogP contribution in [-0.2, 0) is 11.3 Å². The Morgan fingerprint density at radius 1 is 1.21 bits per heavy atom. The highest BCUT2D eigenvalue weighted by atomic mass is 16.2. The van der Waals surface area contributed by atoms with E-state index in [1.807, 2.05) is 23.1 Å². The van der Waals surface area contributed by atoms with Crippen molar-refractivity contribution in [2.45, 2.75) is 57.7 Å². The lowest BCUT2D eigenvalue weighted by atomic mass is 10.0. The first-order valence-electron chi connectivity index (χ1n) is 9.48. The van der Waals surface area contributed by atoms with Gasteiger partial charge in [-0.3, -0.25) is 14.4 Å². The van der Waals surface area contributed by atoms with Gasteiger partial charge < -0.3 is 10.2 Å². The Morgan fingerprint density at radius 2 is 2.04 bits per heavy atom. The van der Waals surface area contributed by atoms with E-state index in [1.165, 1.54) is 12.8 Å². The Morgan fingerprint density at radius 3 is 2.75 bits per heavy atom. The van der Waals surface area contributed by atoms with Gasteiger partial charge in [-0.1, -0.05) is 13.3 Å². The molecule has 3 heterocycles. The van der Waals surface area contributed by atoms with E-state index in [-0.39, 0.29) is 5.91 Å². The molecular weight excluding hydrogens is 302 g/mol. The van der Waals surface area contributed by atoms with Crippen LogP contribution in [0.2, 0.25) is 0 Å². The summed E-state index contributed by atoms with van der Waals surface area (Å²) in [7, 11) is 0. The average Bonchev–Trinajstić information content (AvgIpc) is 3.10. The molecule has 0 unspecified atom stereocenters. The molecule has 134 valence electrons. The normalized spacial score (nSPS) is 24.1. The molecule has 1 atom stereocenters. The van der Waals surface area contributed by atoms with E-state index in [4.69, 9.17) is 0 Å². The standard InChI is InChI=1S/C18H31N5O/c1-2-21-12-7-16(8-13-21)20-18(24)15-22-10-4-3-6-17(22)14-23-11-5-9-19-23/h5,9,11,16-17H,2-4,6-8,10,12-15H2,1H3,(H,20,24)/t17-/m1/s1. The van der Waals surface area contributed by atoms with E-state index in [1.54, 1.807) is 0 Å². The van der Waals surface area contributed by atoms with Crippen LogP contribution in [0.25, 0.3) is 0 Å². The fourth-order valence-corrected chi connectivity index (χ4v) is 3.95. The molecule has 0 radical (unpaired) electrons. The van der Waals surface area contributed by atoms with Crippen molar-refractivity contribution in [3.8, 4) is 0 Å². The summed E-state index contributed by atoms with van der Waals surface area (Å²) in [5.74, 6) is 0.192. The number of amides is 1. The lowest BCUT2D eigenvalue weighted by Crippen LogP contribution is -2.50. The third-order valence-electron chi connectivity index (χ3n) is 5.45. The molecule has 0 aliphatic carbocycles. The number of hydrogen-bond donors (Lipinski definition) is 1. The summed E-state index contributed by atoms with van der Waals surface area (Å²) in [6, 6.07) is 2.74. The monoisotopic (exact) mass is 333 g/mol. The van der Waals surface area contributed by atoms with Crippen LogP contribution in [0.5, 0.6) is 0 Å². The molecule has 3 rings (SSSR count). The van der Waals surface area contributed by atoms with Crippen LogP contribution in [0.1, 0.15) is 39.0 Å². The SMILES string of the molecule is CCN1CCC(NC(=O)CN2CCCC[C@@H]2Cn2cccn2)CC1. The molecule has 1 aromatic heterocycles. The minimum Gasteiger partial charge on any atom is -0.352 e. The number of carbonyl (C=O) groups excluding carboxylic acids is 1. The first kappa shape index (κ1) is 17.4. The van der Waals surface area contributed by atoms with Crippen LogP contribution in [0.15, 0.2) is 18.5 Å². The van der Waals surface area contributed by atoms with Crippen LogP contribution in [-0.4, -0.2) is 70.3 Å². The minimum atomic E-state index is 0.192. The predicted molar refractivity (Wildman–Crippen MR) is 94.7 cm³/mol. The van der Waals surface area contributed by atoms with Gasteiger partial charge in [-0.2, -0.15) is 5.10 Å². The number of nitrogens with zero attached hydrogens (tertiary/aromatic N) is 4. The summed E-state index contributed by atoms with van der Waals surface area (Å²) in [4.78, 5) is 17.3. The van der Waals surface area contributed by atoms with Gasteiger partial charge in [0.1, 0.15) is 0 Å². The molecule has 2 saturated heterocycles. The zero-order valence-electron chi connectivity index (χ0n) is 14.9. The zero-order valence-corrected chi connectivity index (χ0v) is 14.9. The van der Waals surface area contributed by atoms with E-state index < -0.39 is 0 Å². The van der Waals surface area contributed by atoms with Crippen LogP contribution in [0, 0.1) is 0 Å². The van der Waals surface area contributed by atoms with Crippen LogP contribution in [0.4, 0.5) is 0 Å². The highest BCUT2D eigenvalue weighted by Gasteiger charge is 2.26. The molecule has 2 aliphatic heterocycles. The van der Waals surface area contributed by atoms with Crippen LogP contribution < -0.4 is 5.32 Å². The molecule has 1 N–H and O–H groups in total. The predicted octanol–water partition coefficient (Wildman–Crippen LogP) is 1.34. The highest BCUT2D eigenvalue weighted by Crippen LogP contribution is 2.18. The van der Waals surface area contributed by atoms with Crippen LogP contribution in [0.3, 0.4) is 0 Å². The van der Waals surface area contributed by atoms with Gasteiger partial charge in [0.05, 0.1) is 13.1 Å². The van der Waals surface area contributed by atoms with Gasteiger partial charge in [-0.25, -0.2) is 0 Å². The molecular formula is C18H31N5O. The molecule has 2 aliphatic rings. The second-order valence-corrected chi connectivity index (χ2v) is 7.12. The van der Waals surface area contributed by atoms with Gasteiger partial charge in [-0.05, 0) is 44.8 Å². The van der Waals surface area contributed by atoms with E-state index >= 15 is 0 Å². The van der Waals surface area contributed by atoms with Gasteiger partial charge in [-0.15, -0.1) is 0 Å². The first-order valence-corrected chi connectivity index (χ1v) is 9.48. The van der Waals surface area contributed by atoms with Gasteiger partial charge in [0.15, 0.2) is 0 Å². The summed E-state index contributed by atoms with van der Waals surface area (Å²) in [5.41, 5.74) is 0. The molecule has 0 aromatic carbocycles. The Kier molecular flexibility index (Phi) is 6.26. The number of rotatable bonds is 6. The van der Waals surface area contributed by atoms with E-state index in [2.05, 4.69) is 27.1 Å². The maximum Gasteiger partial charge on any atom is 0.234 e. The smallest absolute Gasteiger partial charge is 0.234 e. The molecule has 0 spiro atoms.